The van der Waals surface area contributed by atoms with Crippen molar-refractivity contribution < 1.29 is 4.39 Å². The molecule has 0 amide bonds. The fourth-order valence-corrected chi connectivity index (χ4v) is 1.67. The summed E-state index contributed by atoms with van der Waals surface area (Å²) in [7, 11) is 0. The van der Waals surface area contributed by atoms with E-state index in [4.69, 9.17) is 11.6 Å². The highest BCUT2D eigenvalue weighted by molar-refractivity contribution is 9.10. The van der Waals surface area contributed by atoms with Crippen LogP contribution >= 0.6 is 27.5 Å². The van der Waals surface area contributed by atoms with Gasteiger partial charge >= 0.3 is 0 Å². The Kier molecular flexibility index (Phi) is 2.28. The van der Waals surface area contributed by atoms with Crippen LogP contribution in [0.4, 0.5) is 4.39 Å². The van der Waals surface area contributed by atoms with Crippen LogP contribution in [0.15, 0.2) is 21.7 Å². The molecular weight excluding hydrogens is 274 g/mol. The molecule has 1 aromatic carbocycles. The molecule has 0 aliphatic carbocycles. The van der Waals surface area contributed by atoms with Gasteiger partial charge in [0.25, 0.3) is 5.56 Å². The quantitative estimate of drug-likeness (QED) is 0.752. The van der Waals surface area contributed by atoms with Crippen LogP contribution in [0.5, 0.6) is 0 Å². The average molecular weight is 277 g/mol. The molecule has 0 unspecified atom stereocenters. The molecule has 0 spiro atoms. The summed E-state index contributed by atoms with van der Waals surface area (Å²) in [4.78, 5) is 17.3. The van der Waals surface area contributed by atoms with Gasteiger partial charge in [-0.25, -0.2) is 9.37 Å². The molecule has 0 aliphatic heterocycles. The van der Waals surface area contributed by atoms with Crippen LogP contribution in [0.1, 0.15) is 0 Å². The van der Waals surface area contributed by atoms with E-state index in [1.54, 1.807) is 0 Å². The van der Waals surface area contributed by atoms with Crippen LogP contribution in [0.2, 0.25) is 5.02 Å². The Balaban J connectivity index is 3.06. The molecule has 2 rings (SSSR count). The monoisotopic (exact) mass is 276 g/mol. The Hall–Kier alpha value is -0.940. The number of hydrogen-bond acceptors (Lipinski definition) is 2. The summed E-state index contributed by atoms with van der Waals surface area (Å²) in [6.45, 7) is 0. The molecule has 0 bridgehead atoms. The van der Waals surface area contributed by atoms with Crippen molar-refractivity contribution in [2.24, 2.45) is 0 Å². The maximum atomic E-state index is 13.5. The van der Waals surface area contributed by atoms with Gasteiger partial charge < -0.3 is 4.98 Å². The van der Waals surface area contributed by atoms with Crippen LogP contribution in [-0.2, 0) is 0 Å². The summed E-state index contributed by atoms with van der Waals surface area (Å²) in [6.07, 6.45) is 1.14. The molecule has 0 fully saturated rings. The lowest BCUT2D eigenvalue weighted by atomic mass is 10.2. The number of halogens is 3. The van der Waals surface area contributed by atoms with Crippen LogP contribution in [0.25, 0.3) is 10.9 Å². The summed E-state index contributed by atoms with van der Waals surface area (Å²) in [6, 6.07) is 1.44. The number of hydrogen-bond donors (Lipinski definition) is 1. The highest BCUT2D eigenvalue weighted by Crippen LogP contribution is 2.29. The Morgan fingerprint density at radius 3 is 3.00 bits per heavy atom. The number of benzene rings is 1. The van der Waals surface area contributed by atoms with Crippen molar-refractivity contribution in [2.45, 2.75) is 0 Å². The number of fused-ring (bicyclic) bond motifs is 1. The molecule has 1 heterocycles. The predicted molar refractivity (Wildman–Crippen MR) is 55.0 cm³/mol. The third-order valence-electron chi connectivity index (χ3n) is 1.77. The van der Waals surface area contributed by atoms with Crippen molar-refractivity contribution in [2.75, 3.05) is 0 Å². The van der Waals surface area contributed by atoms with E-state index >= 15 is 0 Å². The third kappa shape index (κ3) is 1.33. The Morgan fingerprint density at radius 1 is 1.57 bits per heavy atom. The SMILES string of the molecule is O=c1[nH]cnc2c(F)c(Cl)c(Br)cc12. The highest BCUT2D eigenvalue weighted by atomic mass is 79.9. The predicted octanol–water partition coefficient (Wildman–Crippen LogP) is 2.48. The topological polar surface area (TPSA) is 45.8 Å². The number of nitrogens with one attached hydrogen (secondary N) is 1. The molecule has 3 nitrogen and oxygen atoms in total. The first-order valence-electron chi connectivity index (χ1n) is 3.62. The zero-order chi connectivity index (χ0) is 10.3. The van der Waals surface area contributed by atoms with Crippen molar-refractivity contribution in [3.8, 4) is 0 Å². The minimum Gasteiger partial charge on any atom is -0.313 e. The molecule has 0 saturated heterocycles. The van der Waals surface area contributed by atoms with E-state index in [0.29, 0.717) is 4.47 Å². The second-order valence-electron chi connectivity index (χ2n) is 2.61. The zero-order valence-corrected chi connectivity index (χ0v) is 8.99. The highest BCUT2D eigenvalue weighted by Gasteiger charge is 2.12. The number of rotatable bonds is 0. The maximum Gasteiger partial charge on any atom is 0.258 e. The molecule has 14 heavy (non-hydrogen) atoms. The van der Waals surface area contributed by atoms with Crippen molar-refractivity contribution in [3.63, 3.8) is 0 Å². The van der Waals surface area contributed by atoms with Crippen LogP contribution < -0.4 is 5.56 Å². The van der Waals surface area contributed by atoms with Gasteiger partial charge in [0.2, 0.25) is 0 Å². The van der Waals surface area contributed by atoms with Crippen molar-refractivity contribution in [1.29, 1.82) is 0 Å². The van der Waals surface area contributed by atoms with Crippen molar-refractivity contribution >= 4 is 38.4 Å². The number of aromatic nitrogens is 2. The van der Waals surface area contributed by atoms with E-state index < -0.39 is 11.4 Å². The van der Waals surface area contributed by atoms with Crippen LogP contribution in [0, 0.1) is 5.82 Å². The molecule has 0 aliphatic rings. The van der Waals surface area contributed by atoms with Gasteiger partial charge in [-0.15, -0.1) is 0 Å². The fraction of sp³-hybridized carbons (Fsp3) is 0. The van der Waals surface area contributed by atoms with Gasteiger partial charge in [0.1, 0.15) is 5.52 Å². The number of aromatic amines is 1. The Bertz CT molecular complexity index is 569. The first-order chi connectivity index (χ1) is 6.61. The molecule has 2 aromatic rings. The van der Waals surface area contributed by atoms with E-state index in [1.165, 1.54) is 6.07 Å². The number of H-pyrrole nitrogens is 1. The molecule has 0 saturated carbocycles. The normalized spacial score (nSPS) is 10.8. The molecule has 0 radical (unpaired) electrons. The molecule has 0 atom stereocenters. The van der Waals surface area contributed by atoms with Gasteiger partial charge in [-0.1, -0.05) is 11.6 Å². The molecule has 1 N–H and O–H groups in total. The molecular formula is C8H3BrClFN2O. The van der Waals surface area contributed by atoms with E-state index in [2.05, 4.69) is 25.9 Å². The standard InChI is InChI=1S/C8H3BrClFN2O/c9-4-1-3-7(6(11)5(4)10)12-2-13-8(3)14/h1-2H,(H,12,13,14). The second kappa shape index (κ2) is 3.33. The Morgan fingerprint density at radius 2 is 2.29 bits per heavy atom. The smallest absolute Gasteiger partial charge is 0.258 e. The average Bonchev–Trinajstić information content (AvgIpc) is 2.17. The maximum absolute atomic E-state index is 13.5. The lowest BCUT2D eigenvalue weighted by Crippen LogP contribution is -2.07. The Labute approximate surface area is 91.1 Å². The lowest BCUT2D eigenvalue weighted by molar-refractivity contribution is 0.636. The lowest BCUT2D eigenvalue weighted by Gasteiger charge is -2.01. The summed E-state index contributed by atoms with van der Waals surface area (Å²) >= 11 is 8.68. The zero-order valence-electron chi connectivity index (χ0n) is 6.64. The van der Waals surface area contributed by atoms with Crippen LogP contribution in [0.3, 0.4) is 0 Å². The minimum absolute atomic E-state index is 0.0260. The van der Waals surface area contributed by atoms with Crippen molar-refractivity contribution in [3.05, 3.63) is 38.1 Å². The van der Waals surface area contributed by atoms with Gasteiger partial charge in [-0.3, -0.25) is 4.79 Å². The summed E-state index contributed by atoms with van der Waals surface area (Å²) < 4.78 is 13.8. The van der Waals surface area contributed by atoms with E-state index in [0.717, 1.165) is 6.33 Å². The van der Waals surface area contributed by atoms with Crippen LogP contribution in [-0.4, -0.2) is 9.97 Å². The summed E-state index contributed by atoms with van der Waals surface area (Å²) in [5.74, 6) is -0.692. The minimum atomic E-state index is -0.692. The first kappa shape index (κ1) is 9.61. The summed E-state index contributed by atoms with van der Waals surface area (Å²) in [5, 5.41) is 0.0943. The summed E-state index contributed by atoms with van der Waals surface area (Å²) in [5.41, 5.74) is -0.423. The molecule has 6 heteroatoms. The largest absolute Gasteiger partial charge is 0.313 e. The van der Waals surface area contributed by atoms with E-state index in [1.807, 2.05) is 0 Å². The number of nitrogens with zero attached hydrogens (tertiary/aromatic N) is 1. The molecule has 1 aromatic heterocycles. The fourth-order valence-electron chi connectivity index (χ4n) is 1.12. The van der Waals surface area contributed by atoms with E-state index in [9.17, 15) is 9.18 Å². The first-order valence-corrected chi connectivity index (χ1v) is 4.79. The third-order valence-corrected chi connectivity index (χ3v) is 2.99. The van der Waals surface area contributed by atoms with Gasteiger partial charge in [0.05, 0.1) is 16.7 Å². The van der Waals surface area contributed by atoms with Gasteiger partial charge in [0, 0.05) is 4.47 Å². The van der Waals surface area contributed by atoms with Gasteiger partial charge in [-0.05, 0) is 22.0 Å². The van der Waals surface area contributed by atoms with Gasteiger partial charge in [0.15, 0.2) is 5.82 Å². The van der Waals surface area contributed by atoms with Gasteiger partial charge in [-0.2, -0.15) is 0 Å². The van der Waals surface area contributed by atoms with Crippen molar-refractivity contribution in [1.82, 2.24) is 9.97 Å². The second-order valence-corrected chi connectivity index (χ2v) is 3.85. The van der Waals surface area contributed by atoms with E-state index in [-0.39, 0.29) is 15.9 Å². The molecule has 72 valence electrons.